The number of aliphatic carboxylic acids is 1. The smallest absolute Gasteiger partial charge is 0.303 e. The predicted octanol–water partition coefficient (Wildman–Crippen LogP) is 2.83. The van der Waals surface area contributed by atoms with Gasteiger partial charge in [-0.25, -0.2) is 0 Å². The second kappa shape index (κ2) is 8.29. The van der Waals surface area contributed by atoms with E-state index in [1.807, 2.05) is 30.0 Å². The molecular weight excluding hydrogens is 302 g/mol. The zero-order valence-corrected chi connectivity index (χ0v) is 13.6. The molecule has 2 rings (SSSR count). The fraction of sp³-hybridized carbons (Fsp3) is 0.562. The lowest BCUT2D eigenvalue weighted by Gasteiger charge is -2.24. The minimum atomic E-state index is -0.834. The highest BCUT2D eigenvalue weighted by Gasteiger charge is 2.18. The zero-order valence-electron chi connectivity index (χ0n) is 12.8. The molecule has 1 saturated heterocycles. The maximum Gasteiger partial charge on any atom is 0.303 e. The molecule has 1 fully saturated rings. The number of ether oxygens (including phenoxy) is 2. The molecule has 0 spiro atoms. The van der Waals surface area contributed by atoms with Gasteiger partial charge in [0.05, 0.1) is 7.11 Å². The number of benzene rings is 1. The van der Waals surface area contributed by atoms with Crippen molar-refractivity contribution in [1.82, 2.24) is 0 Å². The highest BCUT2D eigenvalue weighted by atomic mass is 32.2. The van der Waals surface area contributed by atoms with Crippen LogP contribution in [-0.2, 0) is 4.79 Å². The molecule has 6 heteroatoms. The summed E-state index contributed by atoms with van der Waals surface area (Å²) in [4.78, 5) is 10.7. The summed E-state index contributed by atoms with van der Waals surface area (Å²) in [6, 6.07) is 5.27. The Kier molecular flexibility index (Phi) is 6.39. The fourth-order valence-electron chi connectivity index (χ4n) is 2.45. The average Bonchev–Trinajstić information content (AvgIpc) is 2.53. The van der Waals surface area contributed by atoms with Gasteiger partial charge in [0.2, 0.25) is 0 Å². The molecule has 0 aliphatic carbocycles. The van der Waals surface area contributed by atoms with E-state index in [-0.39, 0.29) is 18.6 Å². The molecule has 0 bridgehead atoms. The van der Waals surface area contributed by atoms with Crippen molar-refractivity contribution in [3.05, 3.63) is 23.8 Å². The molecule has 0 amide bonds. The zero-order chi connectivity index (χ0) is 15.9. The van der Waals surface area contributed by atoms with Crippen molar-refractivity contribution in [2.24, 2.45) is 5.73 Å². The molecule has 122 valence electrons. The van der Waals surface area contributed by atoms with Crippen LogP contribution in [0.3, 0.4) is 0 Å². The van der Waals surface area contributed by atoms with Crippen LogP contribution < -0.4 is 15.2 Å². The van der Waals surface area contributed by atoms with E-state index in [2.05, 4.69) is 0 Å². The second-order valence-corrected chi connectivity index (χ2v) is 6.56. The quantitative estimate of drug-likeness (QED) is 0.802. The van der Waals surface area contributed by atoms with E-state index in [9.17, 15) is 4.79 Å². The Balaban J connectivity index is 2.09. The first-order chi connectivity index (χ1) is 10.6. The first kappa shape index (κ1) is 17.0. The van der Waals surface area contributed by atoms with Crippen LogP contribution >= 0.6 is 11.8 Å². The summed E-state index contributed by atoms with van der Waals surface area (Å²) < 4.78 is 11.4. The second-order valence-electron chi connectivity index (χ2n) is 5.41. The molecule has 0 radical (unpaired) electrons. The number of rotatable bonds is 7. The maximum atomic E-state index is 10.7. The van der Waals surface area contributed by atoms with E-state index in [1.165, 1.54) is 5.75 Å². The Labute approximate surface area is 135 Å². The number of carboxylic acids is 1. The highest BCUT2D eigenvalue weighted by Crippen LogP contribution is 2.33. The molecule has 1 aromatic rings. The first-order valence-corrected chi connectivity index (χ1v) is 8.65. The van der Waals surface area contributed by atoms with Crippen LogP contribution in [0.4, 0.5) is 0 Å². The summed E-state index contributed by atoms with van der Waals surface area (Å²) in [7, 11) is 1.61. The third-order valence-electron chi connectivity index (χ3n) is 3.70. The minimum Gasteiger partial charge on any atom is -0.493 e. The first-order valence-electron chi connectivity index (χ1n) is 7.50. The van der Waals surface area contributed by atoms with Crippen molar-refractivity contribution in [3.8, 4) is 11.5 Å². The van der Waals surface area contributed by atoms with Crippen LogP contribution in [0.5, 0.6) is 11.5 Å². The number of thioether (sulfide) groups is 1. The third kappa shape index (κ3) is 4.81. The highest BCUT2D eigenvalue weighted by molar-refractivity contribution is 7.99. The van der Waals surface area contributed by atoms with Crippen molar-refractivity contribution in [2.75, 3.05) is 18.6 Å². The summed E-state index contributed by atoms with van der Waals surface area (Å²) in [5.41, 5.74) is 6.95. The Bertz CT molecular complexity index is 503. The molecule has 1 heterocycles. The lowest BCUT2D eigenvalue weighted by atomic mass is 10.0. The summed E-state index contributed by atoms with van der Waals surface area (Å²) in [5, 5.41) is 8.76. The molecule has 0 saturated carbocycles. The molecule has 5 nitrogen and oxygen atoms in total. The van der Waals surface area contributed by atoms with Crippen molar-refractivity contribution < 1.29 is 19.4 Å². The number of hydrogen-bond acceptors (Lipinski definition) is 5. The molecule has 1 aliphatic rings. The van der Waals surface area contributed by atoms with Crippen molar-refractivity contribution >= 4 is 17.7 Å². The van der Waals surface area contributed by atoms with Crippen molar-refractivity contribution in [3.63, 3.8) is 0 Å². The predicted molar refractivity (Wildman–Crippen MR) is 87.8 cm³/mol. The van der Waals surface area contributed by atoms with Gasteiger partial charge in [0.1, 0.15) is 6.10 Å². The van der Waals surface area contributed by atoms with Gasteiger partial charge in [-0.3, -0.25) is 4.79 Å². The summed E-state index contributed by atoms with van der Waals surface area (Å²) in [6.07, 6.45) is 2.86. The monoisotopic (exact) mass is 325 g/mol. The van der Waals surface area contributed by atoms with Crippen molar-refractivity contribution in [1.29, 1.82) is 0 Å². The number of hydrogen-bond donors (Lipinski definition) is 2. The van der Waals surface area contributed by atoms with Crippen molar-refractivity contribution in [2.45, 2.75) is 37.8 Å². The van der Waals surface area contributed by atoms with Crippen LogP contribution in [0.25, 0.3) is 0 Å². The summed E-state index contributed by atoms with van der Waals surface area (Å²) in [6.45, 7) is 0. The maximum absolute atomic E-state index is 10.7. The van der Waals surface area contributed by atoms with Crippen LogP contribution in [0.2, 0.25) is 0 Å². The largest absolute Gasteiger partial charge is 0.493 e. The Morgan fingerprint density at radius 3 is 2.95 bits per heavy atom. The average molecular weight is 325 g/mol. The van der Waals surface area contributed by atoms with Crippen LogP contribution in [0.1, 0.15) is 37.3 Å². The lowest BCUT2D eigenvalue weighted by Crippen LogP contribution is -2.23. The van der Waals surface area contributed by atoms with Gasteiger partial charge in [0.25, 0.3) is 0 Å². The molecule has 1 aromatic carbocycles. The van der Waals surface area contributed by atoms with Gasteiger partial charge in [0.15, 0.2) is 11.5 Å². The summed E-state index contributed by atoms with van der Waals surface area (Å²) >= 11 is 1.90. The minimum absolute atomic E-state index is 0.0582. The topological polar surface area (TPSA) is 81.8 Å². The molecular formula is C16H23NO4S. The Morgan fingerprint density at radius 1 is 1.50 bits per heavy atom. The number of nitrogens with two attached hydrogens (primary N) is 1. The van der Waals surface area contributed by atoms with Crippen LogP contribution in [0, 0.1) is 0 Å². The standard InChI is InChI=1S/C16H23NO4S/c1-20-14-6-4-11(13(17)5-7-16(18)19)9-15(14)21-12-3-2-8-22-10-12/h4,6,9,12-13H,2-3,5,7-8,10,17H2,1H3,(H,18,19). The van der Waals surface area contributed by atoms with E-state index >= 15 is 0 Å². The molecule has 2 unspecified atom stereocenters. The van der Waals surface area contributed by atoms with E-state index in [4.69, 9.17) is 20.3 Å². The molecule has 2 atom stereocenters. The number of carbonyl (C=O) groups is 1. The third-order valence-corrected chi connectivity index (χ3v) is 4.88. The van der Waals surface area contributed by atoms with Gasteiger partial charge in [-0.15, -0.1) is 0 Å². The normalized spacial score (nSPS) is 19.5. The fourth-order valence-corrected chi connectivity index (χ4v) is 3.48. The van der Waals surface area contributed by atoms with Gasteiger partial charge >= 0.3 is 5.97 Å². The molecule has 3 N–H and O–H groups in total. The van der Waals surface area contributed by atoms with Crippen LogP contribution in [-0.4, -0.2) is 35.8 Å². The molecule has 0 aromatic heterocycles. The van der Waals surface area contributed by atoms with E-state index in [0.29, 0.717) is 17.9 Å². The van der Waals surface area contributed by atoms with E-state index in [1.54, 1.807) is 7.11 Å². The lowest BCUT2D eigenvalue weighted by molar-refractivity contribution is -0.137. The van der Waals surface area contributed by atoms with E-state index in [0.717, 1.165) is 24.2 Å². The Morgan fingerprint density at radius 2 is 2.32 bits per heavy atom. The van der Waals surface area contributed by atoms with Gasteiger partial charge in [0, 0.05) is 18.2 Å². The Hall–Kier alpha value is -1.40. The molecule has 1 aliphatic heterocycles. The van der Waals surface area contributed by atoms with Crippen LogP contribution in [0.15, 0.2) is 18.2 Å². The number of methoxy groups -OCH3 is 1. The van der Waals surface area contributed by atoms with Gasteiger partial charge in [-0.1, -0.05) is 6.07 Å². The van der Waals surface area contributed by atoms with Gasteiger partial charge < -0.3 is 20.3 Å². The van der Waals surface area contributed by atoms with Gasteiger partial charge in [-0.2, -0.15) is 11.8 Å². The summed E-state index contributed by atoms with van der Waals surface area (Å²) in [5.74, 6) is 2.72. The van der Waals surface area contributed by atoms with E-state index < -0.39 is 5.97 Å². The van der Waals surface area contributed by atoms with Gasteiger partial charge in [-0.05, 0) is 42.7 Å². The SMILES string of the molecule is COc1ccc(C(N)CCC(=O)O)cc1OC1CCCSC1. The molecule has 22 heavy (non-hydrogen) atoms. The number of carboxylic acid groups (broad SMARTS) is 1.